The van der Waals surface area contributed by atoms with Crippen molar-refractivity contribution in [2.75, 3.05) is 5.32 Å². The highest BCUT2D eigenvalue weighted by Gasteiger charge is 2.17. The lowest BCUT2D eigenvalue weighted by molar-refractivity contribution is 0.444. The second kappa shape index (κ2) is 6.50. The van der Waals surface area contributed by atoms with Crippen molar-refractivity contribution in [1.82, 2.24) is 0 Å². The number of benzene rings is 1. The molecule has 1 nitrogen and oxygen atoms in total. The Bertz CT molecular complexity index is 416. The summed E-state index contributed by atoms with van der Waals surface area (Å²) in [7, 11) is 0. The Morgan fingerprint density at radius 3 is 2.94 bits per heavy atom. The largest absolute Gasteiger partial charge is 0.382 e. The standard InChI is InChI=1S/C17H23N/c1-3-14-7-5-9-16(12-11-14)18-17-10-6-8-15(4-2)13-17/h2,6,8,10,13-14,16,18H,3,5,7,9,11-12H2,1H3. The van der Waals surface area contributed by atoms with Crippen LogP contribution in [0.25, 0.3) is 0 Å². The van der Waals surface area contributed by atoms with Gasteiger partial charge >= 0.3 is 0 Å². The van der Waals surface area contributed by atoms with Crippen LogP contribution in [0, 0.1) is 18.3 Å². The Morgan fingerprint density at radius 2 is 2.17 bits per heavy atom. The van der Waals surface area contributed by atoms with E-state index < -0.39 is 0 Å². The maximum Gasteiger partial charge on any atom is 0.0354 e. The molecule has 1 heteroatoms. The van der Waals surface area contributed by atoms with Gasteiger partial charge in [-0.15, -0.1) is 6.42 Å². The lowest BCUT2D eigenvalue weighted by Crippen LogP contribution is -2.18. The first-order chi connectivity index (χ1) is 8.81. The van der Waals surface area contributed by atoms with Gasteiger partial charge in [0, 0.05) is 17.3 Å². The maximum absolute atomic E-state index is 5.44. The highest BCUT2D eigenvalue weighted by molar-refractivity contribution is 5.50. The molecule has 2 rings (SSSR count). The van der Waals surface area contributed by atoms with Gasteiger partial charge in [0.2, 0.25) is 0 Å². The molecular weight excluding hydrogens is 218 g/mol. The van der Waals surface area contributed by atoms with Crippen molar-refractivity contribution >= 4 is 5.69 Å². The third-order valence-electron chi connectivity index (χ3n) is 4.07. The molecule has 1 saturated carbocycles. The molecule has 1 aliphatic rings. The molecule has 0 radical (unpaired) electrons. The highest BCUT2D eigenvalue weighted by Crippen LogP contribution is 2.27. The fraction of sp³-hybridized carbons (Fsp3) is 0.529. The molecule has 0 aromatic heterocycles. The van der Waals surface area contributed by atoms with Gasteiger partial charge in [0.25, 0.3) is 0 Å². The molecule has 0 saturated heterocycles. The third-order valence-corrected chi connectivity index (χ3v) is 4.07. The minimum absolute atomic E-state index is 0.620. The SMILES string of the molecule is C#Cc1cccc(NC2CCCC(CC)CC2)c1. The molecule has 18 heavy (non-hydrogen) atoms. The molecule has 0 aliphatic heterocycles. The molecule has 0 spiro atoms. The summed E-state index contributed by atoms with van der Waals surface area (Å²) in [6, 6.07) is 8.81. The molecule has 0 heterocycles. The first kappa shape index (κ1) is 13.0. The van der Waals surface area contributed by atoms with Gasteiger partial charge in [0.05, 0.1) is 0 Å². The molecule has 2 unspecified atom stereocenters. The van der Waals surface area contributed by atoms with E-state index in [4.69, 9.17) is 6.42 Å². The van der Waals surface area contributed by atoms with E-state index in [2.05, 4.69) is 30.3 Å². The number of hydrogen-bond donors (Lipinski definition) is 1. The molecule has 96 valence electrons. The fourth-order valence-corrected chi connectivity index (χ4v) is 2.87. The zero-order chi connectivity index (χ0) is 12.8. The number of nitrogens with one attached hydrogen (secondary N) is 1. The van der Waals surface area contributed by atoms with Crippen molar-refractivity contribution in [3.63, 3.8) is 0 Å². The number of terminal acetylenes is 1. The zero-order valence-corrected chi connectivity index (χ0v) is 11.3. The maximum atomic E-state index is 5.44. The van der Waals surface area contributed by atoms with Crippen LogP contribution in [0.3, 0.4) is 0 Å². The minimum Gasteiger partial charge on any atom is -0.382 e. The first-order valence-electron chi connectivity index (χ1n) is 7.15. The Balaban J connectivity index is 1.94. The van der Waals surface area contributed by atoms with Crippen LogP contribution in [0.4, 0.5) is 5.69 Å². The Morgan fingerprint density at radius 1 is 1.28 bits per heavy atom. The van der Waals surface area contributed by atoms with Crippen LogP contribution < -0.4 is 5.32 Å². The summed E-state index contributed by atoms with van der Waals surface area (Å²) < 4.78 is 0. The summed E-state index contributed by atoms with van der Waals surface area (Å²) in [6.07, 6.45) is 13.5. The molecule has 1 aromatic carbocycles. The molecule has 1 fully saturated rings. The van der Waals surface area contributed by atoms with Crippen LogP contribution in [0.15, 0.2) is 24.3 Å². The molecular formula is C17H23N. The topological polar surface area (TPSA) is 12.0 Å². The smallest absolute Gasteiger partial charge is 0.0354 e. The fourth-order valence-electron chi connectivity index (χ4n) is 2.87. The van der Waals surface area contributed by atoms with Gasteiger partial charge in [-0.1, -0.05) is 38.2 Å². The van der Waals surface area contributed by atoms with E-state index >= 15 is 0 Å². The summed E-state index contributed by atoms with van der Waals surface area (Å²) in [6.45, 7) is 2.31. The van der Waals surface area contributed by atoms with Crippen LogP contribution in [-0.2, 0) is 0 Å². The van der Waals surface area contributed by atoms with Gasteiger partial charge in [-0.2, -0.15) is 0 Å². The monoisotopic (exact) mass is 241 g/mol. The third kappa shape index (κ3) is 3.53. The van der Waals surface area contributed by atoms with Gasteiger partial charge in [0.1, 0.15) is 0 Å². The highest BCUT2D eigenvalue weighted by atomic mass is 14.9. The summed E-state index contributed by atoms with van der Waals surface area (Å²) >= 11 is 0. The van der Waals surface area contributed by atoms with Crippen LogP contribution in [-0.4, -0.2) is 6.04 Å². The molecule has 1 N–H and O–H groups in total. The average molecular weight is 241 g/mol. The normalized spacial score (nSPS) is 24.0. The van der Waals surface area contributed by atoms with Crippen molar-refractivity contribution in [3.8, 4) is 12.3 Å². The van der Waals surface area contributed by atoms with Crippen molar-refractivity contribution in [2.24, 2.45) is 5.92 Å². The second-order valence-electron chi connectivity index (χ2n) is 5.35. The van der Waals surface area contributed by atoms with Crippen LogP contribution in [0.2, 0.25) is 0 Å². The Hall–Kier alpha value is -1.42. The lowest BCUT2D eigenvalue weighted by atomic mass is 9.98. The van der Waals surface area contributed by atoms with Gasteiger partial charge in [-0.05, 0) is 43.4 Å². The van der Waals surface area contributed by atoms with E-state index in [1.165, 1.54) is 44.2 Å². The van der Waals surface area contributed by atoms with E-state index in [0.717, 1.165) is 11.5 Å². The Labute approximate surface area is 111 Å². The van der Waals surface area contributed by atoms with Crippen molar-refractivity contribution < 1.29 is 0 Å². The molecule has 0 bridgehead atoms. The summed E-state index contributed by atoms with van der Waals surface area (Å²) in [5, 5.41) is 3.64. The number of anilines is 1. The van der Waals surface area contributed by atoms with Crippen molar-refractivity contribution in [3.05, 3.63) is 29.8 Å². The van der Waals surface area contributed by atoms with Crippen molar-refractivity contribution in [1.29, 1.82) is 0 Å². The van der Waals surface area contributed by atoms with Crippen molar-refractivity contribution in [2.45, 2.75) is 51.5 Å². The summed E-state index contributed by atoms with van der Waals surface area (Å²) in [4.78, 5) is 0. The van der Waals surface area contributed by atoms with E-state index in [-0.39, 0.29) is 0 Å². The predicted molar refractivity (Wildman–Crippen MR) is 78.7 cm³/mol. The van der Waals surface area contributed by atoms with Crippen LogP contribution in [0.5, 0.6) is 0 Å². The van der Waals surface area contributed by atoms with E-state index in [9.17, 15) is 0 Å². The van der Waals surface area contributed by atoms with Gasteiger partial charge in [-0.25, -0.2) is 0 Å². The van der Waals surface area contributed by atoms with E-state index in [1.807, 2.05) is 12.1 Å². The lowest BCUT2D eigenvalue weighted by Gasteiger charge is -2.18. The van der Waals surface area contributed by atoms with Gasteiger partial charge in [-0.3, -0.25) is 0 Å². The zero-order valence-electron chi connectivity index (χ0n) is 11.3. The van der Waals surface area contributed by atoms with Crippen LogP contribution >= 0.6 is 0 Å². The molecule has 1 aliphatic carbocycles. The minimum atomic E-state index is 0.620. The quantitative estimate of drug-likeness (QED) is 0.609. The van der Waals surface area contributed by atoms with E-state index in [1.54, 1.807) is 0 Å². The summed E-state index contributed by atoms with van der Waals surface area (Å²) in [5.41, 5.74) is 2.13. The number of rotatable bonds is 3. The Kier molecular flexibility index (Phi) is 4.70. The van der Waals surface area contributed by atoms with Gasteiger partial charge in [0.15, 0.2) is 0 Å². The van der Waals surface area contributed by atoms with Gasteiger partial charge < -0.3 is 5.32 Å². The first-order valence-corrected chi connectivity index (χ1v) is 7.15. The van der Waals surface area contributed by atoms with E-state index in [0.29, 0.717) is 6.04 Å². The molecule has 2 atom stereocenters. The predicted octanol–water partition coefficient (Wildman–Crippen LogP) is 4.44. The average Bonchev–Trinajstić information content (AvgIpc) is 2.64. The molecule has 0 amide bonds. The molecule has 1 aromatic rings. The number of hydrogen-bond acceptors (Lipinski definition) is 1. The summed E-state index contributed by atoms with van der Waals surface area (Å²) in [5.74, 6) is 3.63. The van der Waals surface area contributed by atoms with Crippen LogP contribution in [0.1, 0.15) is 51.0 Å². The second-order valence-corrected chi connectivity index (χ2v) is 5.35.